The minimum Gasteiger partial charge on any atom is -0.328 e. The van der Waals surface area contributed by atoms with Gasteiger partial charge in [0.2, 0.25) is 10.0 Å². The van der Waals surface area contributed by atoms with Crippen molar-refractivity contribution in [2.24, 2.45) is 11.7 Å². The summed E-state index contributed by atoms with van der Waals surface area (Å²) in [6.07, 6.45) is 1.63. The Morgan fingerprint density at radius 1 is 1.23 bits per heavy atom. The molecule has 2 N–H and O–H groups in total. The fourth-order valence-electron chi connectivity index (χ4n) is 2.68. The zero-order chi connectivity index (χ0) is 15.6. The number of halogens is 3. The Morgan fingerprint density at radius 2 is 1.73 bits per heavy atom. The van der Waals surface area contributed by atoms with Gasteiger partial charge in [0.1, 0.15) is 0 Å². The molecule has 0 spiro atoms. The number of rotatable bonds is 4. The lowest BCUT2D eigenvalue weighted by Gasteiger charge is -2.33. The van der Waals surface area contributed by atoms with Gasteiger partial charge >= 0.3 is 0 Å². The summed E-state index contributed by atoms with van der Waals surface area (Å²) in [6, 6.07) is 4.98. The van der Waals surface area contributed by atoms with E-state index in [1.807, 2.05) is 6.92 Å². The van der Waals surface area contributed by atoms with Crippen molar-refractivity contribution in [3.8, 4) is 0 Å². The molecular formula is C14H21Cl3N2O2S. The molecule has 0 aliphatic carbocycles. The van der Waals surface area contributed by atoms with Gasteiger partial charge in [-0.05, 0) is 49.4 Å². The summed E-state index contributed by atoms with van der Waals surface area (Å²) >= 11 is 11.8. The molecule has 22 heavy (non-hydrogen) atoms. The van der Waals surface area contributed by atoms with Crippen LogP contribution in [0.25, 0.3) is 0 Å². The molecule has 126 valence electrons. The maximum absolute atomic E-state index is 12.5. The van der Waals surface area contributed by atoms with Crippen LogP contribution in [-0.4, -0.2) is 31.9 Å². The van der Waals surface area contributed by atoms with E-state index < -0.39 is 10.0 Å². The lowest BCUT2D eigenvalue weighted by molar-refractivity contribution is 0.250. The molecule has 1 saturated heterocycles. The fourth-order valence-corrected chi connectivity index (χ4v) is 4.78. The summed E-state index contributed by atoms with van der Waals surface area (Å²) in [5, 5.41) is 0.895. The molecule has 1 atom stereocenters. The summed E-state index contributed by atoms with van der Waals surface area (Å²) < 4.78 is 26.5. The second-order valence-corrected chi connectivity index (χ2v) is 8.47. The van der Waals surface area contributed by atoms with Crippen LogP contribution in [0.4, 0.5) is 0 Å². The molecule has 2 rings (SSSR count). The van der Waals surface area contributed by atoms with Crippen molar-refractivity contribution < 1.29 is 8.42 Å². The van der Waals surface area contributed by atoms with Crippen LogP contribution >= 0.6 is 35.6 Å². The zero-order valence-electron chi connectivity index (χ0n) is 12.3. The van der Waals surface area contributed by atoms with Gasteiger partial charge in [-0.1, -0.05) is 23.2 Å². The van der Waals surface area contributed by atoms with Gasteiger partial charge in [-0.15, -0.1) is 12.4 Å². The van der Waals surface area contributed by atoms with Crippen molar-refractivity contribution >= 4 is 45.6 Å². The summed E-state index contributed by atoms with van der Waals surface area (Å²) in [7, 11) is -3.34. The van der Waals surface area contributed by atoms with Crippen molar-refractivity contribution in [3.05, 3.63) is 33.8 Å². The van der Waals surface area contributed by atoms with Crippen LogP contribution in [-0.2, 0) is 15.8 Å². The summed E-state index contributed by atoms with van der Waals surface area (Å²) in [6.45, 7) is 3.04. The summed E-state index contributed by atoms with van der Waals surface area (Å²) in [5.41, 5.74) is 6.49. The van der Waals surface area contributed by atoms with Crippen molar-refractivity contribution in [2.75, 3.05) is 13.1 Å². The maximum Gasteiger partial charge on any atom is 0.218 e. The molecule has 1 aliphatic heterocycles. The van der Waals surface area contributed by atoms with E-state index >= 15 is 0 Å². The predicted octanol–water partition coefficient (Wildman–Crippen LogP) is 3.30. The highest BCUT2D eigenvalue weighted by Gasteiger charge is 2.29. The second-order valence-electron chi connectivity index (χ2n) is 5.63. The summed E-state index contributed by atoms with van der Waals surface area (Å²) in [4.78, 5) is 0. The van der Waals surface area contributed by atoms with Crippen LogP contribution in [0.3, 0.4) is 0 Å². The van der Waals surface area contributed by atoms with Gasteiger partial charge < -0.3 is 5.73 Å². The van der Waals surface area contributed by atoms with E-state index in [1.165, 1.54) is 0 Å². The topological polar surface area (TPSA) is 63.4 Å². The molecule has 0 saturated carbocycles. The molecule has 1 unspecified atom stereocenters. The number of nitrogens with two attached hydrogens (primary N) is 1. The zero-order valence-corrected chi connectivity index (χ0v) is 15.5. The highest BCUT2D eigenvalue weighted by molar-refractivity contribution is 7.88. The van der Waals surface area contributed by atoms with E-state index in [0.717, 1.165) is 12.8 Å². The number of benzene rings is 1. The quantitative estimate of drug-likeness (QED) is 0.862. The Kier molecular flexibility index (Phi) is 7.43. The van der Waals surface area contributed by atoms with Crippen molar-refractivity contribution in [1.29, 1.82) is 0 Å². The molecule has 1 aliphatic rings. The first-order valence-electron chi connectivity index (χ1n) is 6.96. The minimum atomic E-state index is -3.34. The third-order valence-electron chi connectivity index (χ3n) is 3.91. The summed E-state index contributed by atoms with van der Waals surface area (Å²) in [5.74, 6) is 0.327. The number of piperidine rings is 1. The largest absolute Gasteiger partial charge is 0.328 e. The molecule has 0 amide bonds. The standard InChI is InChI=1S/C14H20Cl2N2O2S.ClH/c1-10(17)12-2-4-18(5-3-12)21(19,20)9-11-6-13(15)8-14(16)7-11;/h6-8,10,12H,2-5,9,17H2,1H3;1H. The van der Waals surface area contributed by atoms with Gasteiger partial charge in [-0.2, -0.15) is 0 Å². The molecule has 0 aromatic heterocycles. The maximum atomic E-state index is 12.5. The van der Waals surface area contributed by atoms with E-state index in [9.17, 15) is 8.42 Å². The average Bonchev–Trinajstić information content (AvgIpc) is 2.37. The smallest absolute Gasteiger partial charge is 0.218 e. The van der Waals surface area contributed by atoms with Crippen LogP contribution in [0, 0.1) is 5.92 Å². The van der Waals surface area contributed by atoms with E-state index in [2.05, 4.69) is 0 Å². The Morgan fingerprint density at radius 3 is 2.18 bits per heavy atom. The molecule has 4 nitrogen and oxygen atoms in total. The third kappa shape index (κ3) is 5.25. The number of hydrogen-bond donors (Lipinski definition) is 1. The molecule has 1 aromatic carbocycles. The molecule has 1 aromatic rings. The van der Waals surface area contributed by atoms with Crippen LogP contribution in [0.2, 0.25) is 10.0 Å². The van der Waals surface area contributed by atoms with Crippen molar-refractivity contribution in [2.45, 2.75) is 31.6 Å². The molecule has 1 heterocycles. The van der Waals surface area contributed by atoms with E-state index in [4.69, 9.17) is 28.9 Å². The molecule has 0 radical (unpaired) electrons. The van der Waals surface area contributed by atoms with Crippen molar-refractivity contribution in [1.82, 2.24) is 4.31 Å². The van der Waals surface area contributed by atoms with Crippen molar-refractivity contribution in [3.63, 3.8) is 0 Å². The van der Waals surface area contributed by atoms with Gasteiger partial charge in [-0.3, -0.25) is 0 Å². The Hall–Kier alpha value is -0.0400. The molecule has 0 bridgehead atoms. The molecule has 8 heteroatoms. The second kappa shape index (κ2) is 8.18. The Bertz CT molecular complexity index is 580. The first-order valence-corrected chi connectivity index (χ1v) is 9.33. The number of nitrogens with zero attached hydrogens (tertiary/aromatic N) is 1. The Labute approximate surface area is 148 Å². The SMILES string of the molecule is CC(N)C1CCN(S(=O)(=O)Cc2cc(Cl)cc(Cl)c2)CC1.Cl. The van der Waals surface area contributed by atoms with Gasteiger partial charge in [0.25, 0.3) is 0 Å². The van der Waals surface area contributed by atoms with E-state index in [-0.39, 0.29) is 24.2 Å². The minimum absolute atomic E-state index is 0. The highest BCUT2D eigenvalue weighted by Crippen LogP contribution is 2.25. The Balaban J connectivity index is 0.00000242. The fraction of sp³-hybridized carbons (Fsp3) is 0.571. The first-order chi connectivity index (χ1) is 9.78. The number of sulfonamides is 1. The lowest BCUT2D eigenvalue weighted by atomic mass is 9.92. The molecular weight excluding hydrogens is 367 g/mol. The average molecular weight is 388 g/mol. The lowest BCUT2D eigenvalue weighted by Crippen LogP contribution is -2.42. The van der Waals surface area contributed by atoms with Gasteiger partial charge in [0, 0.05) is 29.2 Å². The van der Waals surface area contributed by atoms with Crippen LogP contribution < -0.4 is 5.73 Å². The van der Waals surface area contributed by atoms with E-state index in [0.29, 0.717) is 34.6 Å². The predicted molar refractivity (Wildman–Crippen MR) is 94.3 cm³/mol. The first kappa shape index (κ1) is 20.0. The van der Waals surface area contributed by atoms with Gasteiger partial charge in [0.15, 0.2) is 0 Å². The van der Waals surface area contributed by atoms with Crippen LogP contribution in [0.15, 0.2) is 18.2 Å². The van der Waals surface area contributed by atoms with E-state index in [1.54, 1.807) is 22.5 Å². The monoisotopic (exact) mass is 386 g/mol. The highest BCUT2D eigenvalue weighted by atomic mass is 35.5. The van der Waals surface area contributed by atoms with Gasteiger partial charge in [-0.25, -0.2) is 12.7 Å². The molecule has 1 fully saturated rings. The number of hydrogen-bond acceptors (Lipinski definition) is 3. The normalized spacial score (nSPS) is 18.7. The van der Waals surface area contributed by atoms with Crippen LogP contribution in [0.5, 0.6) is 0 Å². The van der Waals surface area contributed by atoms with Gasteiger partial charge in [0.05, 0.1) is 5.75 Å². The van der Waals surface area contributed by atoms with Crippen LogP contribution in [0.1, 0.15) is 25.3 Å². The third-order valence-corrected chi connectivity index (χ3v) is 6.19.